The first-order valence-electron chi connectivity index (χ1n) is 10.2. The number of benzene rings is 4. The van der Waals surface area contributed by atoms with Gasteiger partial charge in [-0.05, 0) is 55.0 Å². The monoisotopic (exact) mass is 422 g/mol. The number of fused-ring (bicyclic) bond motifs is 1. The summed E-state index contributed by atoms with van der Waals surface area (Å²) in [4.78, 5) is 25.1. The Morgan fingerprint density at radius 1 is 0.812 bits per heavy atom. The number of hydrogen-bond donors (Lipinski definition) is 1. The van der Waals surface area contributed by atoms with Gasteiger partial charge in [-0.3, -0.25) is 4.79 Å². The van der Waals surface area contributed by atoms with Crippen molar-refractivity contribution in [3.05, 3.63) is 113 Å². The molecule has 5 nitrogen and oxygen atoms in total. The normalized spacial score (nSPS) is 10.9. The summed E-state index contributed by atoms with van der Waals surface area (Å²) in [6.07, 6.45) is 1.51. The van der Waals surface area contributed by atoms with E-state index in [-0.39, 0.29) is 5.91 Å². The summed E-state index contributed by atoms with van der Waals surface area (Å²) in [7, 11) is 0. The average Bonchev–Trinajstić information content (AvgIpc) is 2.80. The van der Waals surface area contributed by atoms with E-state index >= 15 is 0 Å². The van der Waals surface area contributed by atoms with Gasteiger partial charge in [-0.1, -0.05) is 65.7 Å². The Bertz CT molecular complexity index is 1340. The van der Waals surface area contributed by atoms with E-state index in [9.17, 15) is 9.59 Å². The number of hydrazone groups is 1. The van der Waals surface area contributed by atoms with Gasteiger partial charge in [-0.25, -0.2) is 10.2 Å². The van der Waals surface area contributed by atoms with Gasteiger partial charge in [0.2, 0.25) is 0 Å². The summed E-state index contributed by atoms with van der Waals surface area (Å²) in [5.41, 5.74) is 6.10. The number of nitrogens with one attached hydrogen (secondary N) is 1. The molecule has 4 rings (SSSR count). The second kappa shape index (κ2) is 9.27. The van der Waals surface area contributed by atoms with E-state index in [0.717, 1.165) is 21.9 Å². The van der Waals surface area contributed by atoms with Crippen LogP contribution >= 0.6 is 0 Å². The Labute approximate surface area is 186 Å². The minimum absolute atomic E-state index is 0.316. The summed E-state index contributed by atoms with van der Waals surface area (Å²) >= 11 is 0. The molecule has 0 atom stereocenters. The lowest BCUT2D eigenvalue weighted by molar-refractivity contribution is 0.0734. The van der Waals surface area contributed by atoms with Crippen LogP contribution < -0.4 is 10.2 Å². The van der Waals surface area contributed by atoms with Gasteiger partial charge in [0, 0.05) is 11.1 Å². The minimum Gasteiger partial charge on any atom is -0.422 e. The smallest absolute Gasteiger partial charge is 0.343 e. The summed E-state index contributed by atoms with van der Waals surface area (Å²) in [5, 5.41) is 5.96. The lowest BCUT2D eigenvalue weighted by atomic mass is 10.0. The van der Waals surface area contributed by atoms with Crippen LogP contribution in [0.25, 0.3) is 10.8 Å². The standard InChI is InChI=1S/C27H22N2O3/c1-18-7-5-10-21(15-18)26(30)29-28-17-24-23-12-4-3-9-20(23)13-14-25(24)32-27(31)22-11-6-8-19(2)16-22/h3-17H,1-2H3,(H,29,30)/b28-17+. The Morgan fingerprint density at radius 3 is 2.25 bits per heavy atom. The van der Waals surface area contributed by atoms with Crippen LogP contribution in [0.15, 0.2) is 90.0 Å². The van der Waals surface area contributed by atoms with Crippen molar-refractivity contribution < 1.29 is 14.3 Å². The molecule has 32 heavy (non-hydrogen) atoms. The largest absolute Gasteiger partial charge is 0.422 e. The summed E-state index contributed by atoms with van der Waals surface area (Å²) in [5.74, 6) is -0.408. The highest BCUT2D eigenvalue weighted by Crippen LogP contribution is 2.27. The molecule has 4 aromatic carbocycles. The molecule has 0 heterocycles. The molecule has 0 unspecified atom stereocenters. The Balaban J connectivity index is 1.63. The van der Waals surface area contributed by atoms with Crippen LogP contribution in [-0.4, -0.2) is 18.1 Å². The van der Waals surface area contributed by atoms with Crippen LogP contribution in [0.4, 0.5) is 0 Å². The maximum atomic E-state index is 12.7. The number of esters is 1. The molecule has 0 aliphatic heterocycles. The van der Waals surface area contributed by atoms with Gasteiger partial charge in [-0.2, -0.15) is 5.10 Å². The SMILES string of the molecule is Cc1cccc(C(=O)N/N=C/c2c(OC(=O)c3cccc(C)c3)ccc3ccccc23)c1. The Hall–Kier alpha value is -4.25. The van der Waals surface area contributed by atoms with Crippen LogP contribution in [0.3, 0.4) is 0 Å². The van der Waals surface area contributed by atoms with Crippen molar-refractivity contribution in [3.63, 3.8) is 0 Å². The number of carbonyl (C=O) groups excluding carboxylic acids is 2. The predicted molar refractivity (Wildman–Crippen MR) is 126 cm³/mol. The van der Waals surface area contributed by atoms with Crippen molar-refractivity contribution >= 4 is 28.9 Å². The van der Waals surface area contributed by atoms with Gasteiger partial charge < -0.3 is 4.74 Å². The highest BCUT2D eigenvalue weighted by atomic mass is 16.5. The molecule has 5 heteroatoms. The van der Waals surface area contributed by atoms with E-state index < -0.39 is 5.97 Å². The lowest BCUT2D eigenvalue weighted by Gasteiger charge is -2.11. The second-order valence-corrected chi connectivity index (χ2v) is 7.53. The van der Waals surface area contributed by atoms with Crippen LogP contribution in [0.5, 0.6) is 5.75 Å². The fourth-order valence-electron chi connectivity index (χ4n) is 3.43. The number of hydrogen-bond acceptors (Lipinski definition) is 4. The van der Waals surface area contributed by atoms with Gasteiger partial charge in [0.25, 0.3) is 5.91 Å². The number of ether oxygens (including phenoxy) is 1. The molecule has 1 N–H and O–H groups in total. The molecule has 0 saturated heterocycles. The molecule has 0 spiro atoms. The number of nitrogens with zero attached hydrogens (tertiary/aromatic N) is 1. The molecule has 158 valence electrons. The molecule has 0 radical (unpaired) electrons. The van der Waals surface area contributed by atoms with E-state index in [1.54, 1.807) is 30.3 Å². The first-order valence-corrected chi connectivity index (χ1v) is 10.2. The zero-order valence-corrected chi connectivity index (χ0v) is 17.8. The number of rotatable bonds is 5. The van der Waals surface area contributed by atoms with Crippen LogP contribution in [0.1, 0.15) is 37.4 Å². The molecular weight excluding hydrogens is 400 g/mol. The zero-order chi connectivity index (χ0) is 22.5. The molecule has 0 aliphatic rings. The van der Waals surface area contributed by atoms with Crippen molar-refractivity contribution in [1.82, 2.24) is 5.43 Å². The molecule has 0 saturated carbocycles. The van der Waals surface area contributed by atoms with Gasteiger partial charge >= 0.3 is 5.97 Å². The Morgan fingerprint density at radius 2 is 1.50 bits per heavy atom. The van der Waals surface area contributed by atoms with E-state index in [1.165, 1.54) is 6.21 Å². The van der Waals surface area contributed by atoms with Crippen molar-refractivity contribution in [2.24, 2.45) is 5.10 Å². The third-order valence-electron chi connectivity index (χ3n) is 5.03. The van der Waals surface area contributed by atoms with Crippen LogP contribution in [0, 0.1) is 13.8 Å². The maximum Gasteiger partial charge on any atom is 0.343 e. The van der Waals surface area contributed by atoms with Gasteiger partial charge in [0.1, 0.15) is 5.75 Å². The van der Waals surface area contributed by atoms with Crippen molar-refractivity contribution in [3.8, 4) is 5.75 Å². The molecule has 4 aromatic rings. The van der Waals surface area contributed by atoms with E-state index in [1.807, 2.05) is 68.4 Å². The van der Waals surface area contributed by atoms with Gasteiger partial charge in [-0.15, -0.1) is 0 Å². The van der Waals surface area contributed by atoms with E-state index in [2.05, 4.69) is 10.5 Å². The van der Waals surface area contributed by atoms with Gasteiger partial charge in [0.15, 0.2) is 0 Å². The highest BCUT2D eigenvalue weighted by molar-refractivity contribution is 6.04. The summed E-state index contributed by atoms with van der Waals surface area (Å²) in [6, 6.07) is 25.8. The molecule has 0 fully saturated rings. The Kier molecular flexibility index (Phi) is 6.08. The lowest BCUT2D eigenvalue weighted by Crippen LogP contribution is -2.18. The van der Waals surface area contributed by atoms with E-state index in [0.29, 0.717) is 22.4 Å². The maximum absolute atomic E-state index is 12.7. The minimum atomic E-state index is -0.456. The van der Waals surface area contributed by atoms with Crippen LogP contribution in [-0.2, 0) is 0 Å². The average molecular weight is 422 g/mol. The first-order chi connectivity index (χ1) is 15.5. The summed E-state index contributed by atoms with van der Waals surface area (Å²) in [6.45, 7) is 3.84. The van der Waals surface area contributed by atoms with Crippen molar-refractivity contribution in [2.45, 2.75) is 13.8 Å². The second-order valence-electron chi connectivity index (χ2n) is 7.53. The third kappa shape index (κ3) is 4.73. The highest BCUT2D eigenvalue weighted by Gasteiger charge is 2.14. The van der Waals surface area contributed by atoms with Crippen LogP contribution in [0.2, 0.25) is 0 Å². The topological polar surface area (TPSA) is 67.8 Å². The first kappa shape index (κ1) is 21.0. The van der Waals surface area contributed by atoms with Crippen molar-refractivity contribution in [2.75, 3.05) is 0 Å². The third-order valence-corrected chi connectivity index (χ3v) is 5.03. The van der Waals surface area contributed by atoms with Crippen molar-refractivity contribution in [1.29, 1.82) is 0 Å². The number of carbonyl (C=O) groups is 2. The number of aryl methyl sites for hydroxylation is 2. The molecule has 0 bridgehead atoms. The molecule has 0 aliphatic carbocycles. The molecular formula is C27H22N2O3. The van der Waals surface area contributed by atoms with E-state index in [4.69, 9.17) is 4.74 Å². The zero-order valence-electron chi connectivity index (χ0n) is 17.8. The molecule has 0 aromatic heterocycles. The quantitative estimate of drug-likeness (QED) is 0.202. The fourth-order valence-corrected chi connectivity index (χ4v) is 3.43. The number of amides is 1. The predicted octanol–water partition coefficient (Wildman–Crippen LogP) is 5.44. The summed E-state index contributed by atoms with van der Waals surface area (Å²) < 4.78 is 5.71. The molecule has 1 amide bonds. The van der Waals surface area contributed by atoms with Gasteiger partial charge in [0.05, 0.1) is 11.8 Å². The fraction of sp³-hybridized carbons (Fsp3) is 0.0741.